The molecule has 2 rings (SSSR count). The van der Waals surface area contributed by atoms with Crippen molar-refractivity contribution in [2.75, 3.05) is 19.6 Å². The van der Waals surface area contributed by atoms with Gasteiger partial charge in [-0.05, 0) is 46.3 Å². The zero-order valence-electron chi connectivity index (χ0n) is 12.1. The number of imidazole rings is 1. The van der Waals surface area contributed by atoms with Gasteiger partial charge in [0.25, 0.3) is 0 Å². The zero-order valence-corrected chi connectivity index (χ0v) is 12.1. The second kappa shape index (κ2) is 5.41. The van der Waals surface area contributed by atoms with E-state index in [-0.39, 0.29) is 11.6 Å². The summed E-state index contributed by atoms with van der Waals surface area (Å²) in [7, 11) is 2.08. The summed E-state index contributed by atoms with van der Waals surface area (Å²) >= 11 is 0. The first kappa shape index (κ1) is 13.6. The summed E-state index contributed by atoms with van der Waals surface area (Å²) in [6.45, 7) is 10.2. The summed E-state index contributed by atoms with van der Waals surface area (Å²) in [5.74, 6) is 1.13. The first-order valence-corrected chi connectivity index (χ1v) is 7.03. The third-order valence-corrected chi connectivity index (χ3v) is 4.15. The first-order chi connectivity index (χ1) is 8.57. The molecule has 4 heteroatoms. The highest BCUT2D eigenvalue weighted by atomic mass is 15.3. The van der Waals surface area contributed by atoms with Crippen LogP contribution in [0.4, 0.5) is 0 Å². The average molecular weight is 250 g/mol. The van der Waals surface area contributed by atoms with Crippen molar-refractivity contribution < 1.29 is 0 Å². The maximum absolute atomic E-state index is 4.55. The Labute approximate surface area is 110 Å². The Bertz CT molecular complexity index is 377. The van der Waals surface area contributed by atoms with Crippen molar-refractivity contribution in [1.82, 2.24) is 19.8 Å². The van der Waals surface area contributed by atoms with Crippen LogP contribution in [-0.4, -0.2) is 39.6 Å². The lowest BCUT2D eigenvalue weighted by molar-refractivity contribution is 0.102. The second-order valence-electron chi connectivity index (χ2n) is 5.73. The number of likely N-dealkylation sites (N-methyl/N-ethyl adjacent to an activating group) is 1. The van der Waals surface area contributed by atoms with E-state index in [1.54, 1.807) is 0 Å². The molecule has 0 amide bonds. The number of aryl methyl sites for hydroxylation is 1. The van der Waals surface area contributed by atoms with Crippen LogP contribution < -0.4 is 5.32 Å². The number of likely N-dealkylation sites (tertiary alicyclic amines) is 1. The minimum atomic E-state index is 0.103. The van der Waals surface area contributed by atoms with Crippen molar-refractivity contribution in [3.8, 4) is 0 Å². The maximum Gasteiger partial charge on any atom is 0.127 e. The van der Waals surface area contributed by atoms with Crippen LogP contribution in [-0.2, 0) is 7.05 Å². The van der Waals surface area contributed by atoms with E-state index >= 15 is 0 Å². The van der Waals surface area contributed by atoms with Gasteiger partial charge in [0.15, 0.2) is 0 Å². The maximum atomic E-state index is 4.55. The van der Waals surface area contributed by atoms with E-state index in [9.17, 15) is 0 Å². The summed E-state index contributed by atoms with van der Waals surface area (Å²) < 4.78 is 2.13. The Balaban J connectivity index is 2.26. The molecule has 0 aliphatic carbocycles. The molecule has 1 atom stereocenters. The Morgan fingerprint density at radius 2 is 2.06 bits per heavy atom. The largest absolute Gasteiger partial charge is 0.337 e. The van der Waals surface area contributed by atoms with Crippen LogP contribution in [0.1, 0.15) is 45.5 Å². The number of aromatic nitrogens is 2. The third kappa shape index (κ3) is 2.45. The van der Waals surface area contributed by atoms with Crippen LogP contribution >= 0.6 is 0 Å². The van der Waals surface area contributed by atoms with E-state index < -0.39 is 0 Å². The van der Waals surface area contributed by atoms with E-state index in [2.05, 4.69) is 47.6 Å². The fourth-order valence-corrected chi connectivity index (χ4v) is 2.99. The molecule has 2 heterocycles. The summed E-state index contributed by atoms with van der Waals surface area (Å²) in [4.78, 5) is 7.14. The van der Waals surface area contributed by atoms with E-state index in [0.29, 0.717) is 0 Å². The number of hydrogen-bond donors (Lipinski definition) is 1. The SMILES string of the molecule is CCNC(c1nccn1C)C(C)(C)N1CCCC1. The highest BCUT2D eigenvalue weighted by Gasteiger charge is 2.38. The quantitative estimate of drug-likeness (QED) is 0.867. The molecule has 1 aliphatic rings. The number of hydrogen-bond acceptors (Lipinski definition) is 3. The fraction of sp³-hybridized carbons (Fsp3) is 0.786. The first-order valence-electron chi connectivity index (χ1n) is 7.03. The van der Waals surface area contributed by atoms with E-state index in [0.717, 1.165) is 12.4 Å². The van der Waals surface area contributed by atoms with Crippen LogP contribution in [0.5, 0.6) is 0 Å². The van der Waals surface area contributed by atoms with Gasteiger partial charge >= 0.3 is 0 Å². The average Bonchev–Trinajstić information content (AvgIpc) is 2.96. The zero-order chi connectivity index (χ0) is 13.2. The lowest BCUT2D eigenvalue weighted by Gasteiger charge is -2.42. The second-order valence-corrected chi connectivity index (χ2v) is 5.73. The Morgan fingerprint density at radius 3 is 2.56 bits per heavy atom. The predicted octanol–water partition coefficient (Wildman–Crippen LogP) is 1.95. The normalized spacial score (nSPS) is 19.3. The molecule has 1 aliphatic heterocycles. The van der Waals surface area contributed by atoms with Gasteiger partial charge in [0.1, 0.15) is 5.82 Å². The van der Waals surface area contributed by atoms with Gasteiger partial charge in [-0.15, -0.1) is 0 Å². The molecule has 0 radical (unpaired) electrons. The van der Waals surface area contributed by atoms with Gasteiger partial charge in [-0.25, -0.2) is 4.98 Å². The topological polar surface area (TPSA) is 33.1 Å². The van der Waals surface area contributed by atoms with Crippen LogP contribution in [0, 0.1) is 0 Å². The molecule has 1 N–H and O–H groups in total. The summed E-state index contributed by atoms with van der Waals surface area (Å²) in [6, 6.07) is 0.278. The molecular weight excluding hydrogens is 224 g/mol. The van der Waals surface area contributed by atoms with Gasteiger partial charge in [-0.2, -0.15) is 0 Å². The molecule has 0 spiro atoms. The standard InChI is InChI=1S/C14H26N4/c1-5-15-12(13-16-8-11-17(13)4)14(2,3)18-9-6-7-10-18/h8,11-12,15H,5-7,9-10H2,1-4H3. The summed E-state index contributed by atoms with van der Waals surface area (Å²) in [5, 5.41) is 3.62. The van der Waals surface area contributed by atoms with Crippen LogP contribution in [0.25, 0.3) is 0 Å². The van der Waals surface area contributed by atoms with Crippen LogP contribution in [0.3, 0.4) is 0 Å². The van der Waals surface area contributed by atoms with E-state index in [1.165, 1.54) is 25.9 Å². The molecule has 18 heavy (non-hydrogen) atoms. The molecule has 4 nitrogen and oxygen atoms in total. The molecule has 102 valence electrons. The fourth-order valence-electron chi connectivity index (χ4n) is 2.99. The van der Waals surface area contributed by atoms with Gasteiger partial charge in [0.2, 0.25) is 0 Å². The van der Waals surface area contributed by atoms with E-state index in [1.807, 2.05) is 12.4 Å². The molecule has 1 unspecified atom stereocenters. The van der Waals surface area contributed by atoms with Gasteiger partial charge in [-0.3, -0.25) is 4.90 Å². The monoisotopic (exact) mass is 250 g/mol. The third-order valence-electron chi connectivity index (χ3n) is 4.15. The summed E-state index contributed by atoms with van der Waals surface area (Å²) in [6.07, 6.45) is 6.56. The number of rotatable bonds is 5. The van der Waals surface area contributed by atoms with Crippen molar-refractivity contribution in [2.45, 2.75) is 45.2 Å². The minimum Gasteiger partial charge on any atom is -0.337 e. The van der Waals surface area contributed by atoms with Crippen molar-refractivity contribution >= 4 is 0 Å². The van der Waals surface area contributed by atoms with Gasteiger partial charge < -0.3 is 9.88 Å². The molecule has 0 bridgehead atoms. The molecule has 1 aromatic rings. The molecular formula is C14H26N4. The Kier molecular flexibility index (Phi) is 4.07. The molecule has 1 aromatic heterocycles. The van der Waals surface area contributed by atoms with E-state index in [4.69, 9.17) is 0 Å². The Morgan fingerprint density at radius 1 is 1.39 bits per heavy atom. The summed E-state index contributed by atoms with van der Waals surface area (Å²) in [5.41, 5.74) is 0.103. The predicted molar refractivity (Wildman–Crippen MR) is 74.5 cm³/mol. The number of nitrogens with zero attached hydrogens (tertiary/aromatic N) is 3. The van der Waals surface area contributed by atoms with Crippen LogP contribution in [0.2, 0.25) is 0 Å². The number of nitrogens with one attached hydrogen (secondary N) is 1. The highest BCUT2D eigenvalue weighted by molar-refractivity contribution is 5.08. The lowest BCUT2D eigenvalue weighted by atomic mass is 9.91. The van der Waals surface area contributed by atoms with Gasteiger partial charge in [0.05, 0.1) is 6.04 Å². The lowest BCUT2D eigenvalue weighted by Crippen LogP contribution is -2.52. The smallest absolute Gasteiger partial charge is 0.127 e. The molecule has 0 aromatic carbocycles. The minimum absolute atomic E-state index is 0.103. The molecule has 1 saturated heterocycles. The van der Waals surface area contributed by atoms with Crippen molar-refractivity contribution in [3.63, 3.8) is 0 Å². The Hall–Kier alpha value is -0.870. The highest BCUT2D eigenvalue weighted by Crippen LogP contribution is 2.32. The molecule has 0 saturated carbocycles. The van der Waals surface area contributed by atoms with Gasteiger partial charge in [-0.1, -0.05) is 6.92 Å². The van der Waals surface area contributed by atoms with Crippen molar-refractivity contribution in [1.29, 1.82) is 0 Å². The van der Waals surface area contributed by atoms with Crippen molar-refractivity contribution in [2.24, 2.45) is 7.05 Å². The van der Waals surface area contributed by atoms with Crippen LogP contribution in [0.15, 0.2) is 12.4 Å². The molecule has 1 fully saturated rings. The van der Waals surface area contributed by atoms with Gasteiger partial charge in [0, 0.05) is 25.0 Å². The van der Waals surface area contributed by atoms with Crippen molar-refractivity contribution in [3.05, 3.63) is 18.2 Å².